The predicted molar refractivity (Wildman–Crippen MR) is 90.3 cm³/mol. The van der Waals surface area contributed by atoms with Crippen LogP contribution < -0.4 is 5.32 Å². The molecule has 1 aromatic carbocycles. The summed E-state index contributed by atoms with van der Waals surface area (Å²) in [5, 5.41) is 8.51. The lowest BCUT2D eigenvalue weighted by atomic mass is 10.2. The van der Waals surface area contributed by atoms with Gasteiger partial charge in [0.05, 0.1) is 17.9 Å². The molecule has 1 amide bonds. The number of hydrogen-bond donors (Lipinski definition) is 1. The van der Waals surface area contributed by atoms with Crippen LogP contribution in [0, 0.1) is 6.92 Å². The molecule has 0 aliphatic rings. The molecule has 0 spiro atoms. The number of carbonyl (C=O) groups excluding carboxylic acids is 1. The molecule has 2 aromatic heterocycles. The van der Waals surface area contributed by atoms with E-state index in [-0.39, 0.29) is 5.91 Å². The van der Waals surface area contributed by atoms with Gasteiger partial charge in [-0.1, -0.05) is 40.3 Å². The Bertz CT molecular complexity index is 839. The minimum Gasteiger partial charge on any atom is -0.346 e. The number of benzene rings is 1. The minimum atomic E-state index is -0.110. The first-order valence-electron chi connectivity index (χ1n) is 6.96. The van der Waals surface area contributed by atoms with Crippen molar-refractivity contribution in [2.45, 2.75) is 26.8 Å². The third-order valence-electron chi connectivity index (χ3n) is 3.34. The molecule has 5 nitrogen and oxygen atoms in total. The maximum absolute atomic E-state index is 12.2. The number of imidazole rings is 1. The number of carbonyl (C=O) groups is 1. The summed E-state index contributed by atoms with van der Waals surface area (Å²) >= 11 is 4.96. The lowest BCUT2D eigenvalue weighted by molar-refractivity contribution is 0.0950. The van der Waals surface area contributed by atoms with Crippen LogP contribution in [-0.4, -0.2) is 20.5 Å². The van der Waals surface area contributed by atoms with Gasteiger partial charge in [0.2, 0.25) is 4.96 Å². The maximum Gasteiger partial charge on any atom is 0.251 e. The fourth-order valence-electron chi connectivity index (χ4n) is 2.17. The Morgan fingerprint density at radius 1 is 1.45 bits per heavy atom. The molecule has 0 aliphatic carbocycles. The van der Waals surface area contributed by atoms with Gasteiger partial charge in [-0.3, -0.25) is 4.79 Å². The molecule has 0 bridgehead atoms. The molecule has 0 fully saturated rings. The molecule has 0 atom stereocenters. The first-order valence-corrected chi connectivity index (χ1v) is 8.57. The van der Waals surface area contributed by atoms with Crippen molar-refractivity contribution in [3.8, 4) is 0 Å². The molecule has 0 unspecified atom stereocenters. The van der Waals surface area contributed by atoms with E-state index in [1.165, 1.54) is 0 Å². The summed E-state index contributed by atoms with van der Waals surface area (Å²) < 4.78 is 2.72. The predicted octanol–water partition coefficient (Wildman–Crippen LogP) is 3.35. The van der Waals surface area contributed by atoms with Crippen molar-refractivity contribution in [1.29, 1.82) is 0 Å². The second-order valence-electron chi connectivity index (χ2n) is 4.88. The average Bonchev–Trinajstić information content (AvgIpc) is 3.01. The van der Waals surface area contributed by atoms with Crippen LogP contribution in [0.4, 0.5) is 0 Å². The Labute approximate surface area is 140 Å². The van der Waals surface area contributed by atoms with E-state index in [9.17, 15) is 4.79 Å². The molecule has 22 heavy (non-hydrogen) atoms. The van der Waals surface area contributed by atoms with Crippen LogP contribution in [-0.2, 0) is 13.0 Å². The molecule has 2 heterocycles. The Morgan fingerprint density at radius 2 is 2.27 bits per heavy atom. The van der Waals surface area contributed by atoms with Gasteiger partial charge < -0.3 is 5.32 Å². The van der Waals surface area contributed by atoms with Crippen molar-refractivity contribution in [1.82, 2.24) is 19.9 Å². The second kappa shape index (κ2) is 6.18. The molecule has 3 rings (SSSR count). The topological polar surface area (TPSA) is 59.3 Å². The molecule has 0 saturated heterocycles. The van der Waals surface area contributed by atoms with Gasteiger partial charge in [0.15, 0.2) is 0 Å². The van der Waals surface area contributed by atoms with E-state index in [4.69, 9.17) is 0 Å². The number of nitrogens with one attached hydrogen (secondary N) is 1. The van der Waals surface area contributed by atoms with Crippen molar-refractivity contribution >= 4 is 38.1 Å². The molecule has 7 heteroatoms. The third-order valence-corrected chi connectivity index (χ3v) is 4.89. The van der Waals surface area contributed by atoms with E-state index < -0.39 is 0 Å². The number of halogens is 1. The minimum absolute atomic E-state index is 0.110. The number of aryl methyl sites for hydroxylation is 2. The number of amides is 1. The van der Waals surface area contributed by atoms with Crippen LogP contribution in [0.15, 0.2) is 28.7 Å². The molecule has 114 valence electrons. The lowest BCUT2D eigenvalue weighted by Gasteiger charge is -2.05. The largest absolute Gasteiger partial charge is 0.346 e. The monoisotopic (exact) mass is 378 g/mol. The average molecular weight is 379 g/mol. The van der Waals surface area contributed by atoms with Gasteiger partial charge in [0.25, 0.3) is 5.91 Å². The number of hydrogen-bond acceptors (Lipinski definition) is 4. The smallest absolute Gasteiger partial charge is 0.251 e. The lowest BCUT2D eigenvalue weighted by Crippen LogP contribution is -2.24. The molecule has 0 aliphatic heterocycles. The van der Waals surface area contributed by atoms with E-state index in [2.05, 4.69) is 38.3 Å². The zero-order chi connectivity index (χ0) is 15.7. The SMILES string of the molecule is CCc1nn2c(CNC(=O)c3cccc(Br)c3)c(C)nc2s1. The summed E-state index contributed by atoms with van der Waals surface area (Å²) in [6, 6.07) is 7.32. The number of nitrogens with zero attached hydrogens (tertiary/aromatic N) is 3. The highest BCUT2D eigenvalue weighted by atomic mass is 79.9. The van der Waals surface area contributed by atoms with Crippen molar-refractivity contribution in [2.75, 3.05) is 0 Å². The van der Waals surface area contributed by atoms with Crippen LogP contribution in [0.2, 0.25) is 0 Å². The fourth-order valence-corrected chi connectivity index (χ4v) is 3.47. The van der Waals surface area contributed by atoms with Crippen LogP contribution in [0.25, 0.3) is 4.96 Å². The Hall–Kier alpha value is -1.73. The van der Waals surface area contributed by atoms with Gasteiger partial charge in [-0.2, -0.15) is 5.10 Å². The molecule has 0 saturated carbocycles. The van der Waals surface area contributed by atoms with Crippen LogP contribution in [0.5, 0.6) is 0 Å². The van der Waals surface area contributed by atoms with Gasteiger partial charge in [-0.15, -0.1) is 0 Å². The van der Waals surface area contributed by atoms with Gasteiger partial charge in [-0.25, -0.2) is 9.50 Å². The fraction of sp³-hybridized carbons (Fsp3) is 0.267. The Morgan fingerprint density at radius 3 is 3.00 bits per heavy atom. The second-order valence-corrected chi connectivity index (χ2v) is 6.84. The normalized spacial score (nSPS) is 11.0. The van der Waals surface area contributed by atoms with E-state index in [0.29, 0.717) is 12.1 Å². The Kier molecular flexibility index (Phi) is 4.26. The van der Waals surface area contributed by atoms with Crippen molar-refractivity contribution in [3.05, 3.63) is 50.7 Å². The van der Waals surface area contributed by atoms with Crippen molar-refractivity contribution < 1.29 is 4.79 Å². The highest BCUT2D eigenvalue weighted by Gasteiger charge is 2.14. The Balaban J connectivity index is 1.80. The number of aromatic nitrogens is 3. The molecular weight excluding hydrogens is 364 g/mol. The highest BCUT2D eigenvalue weighted by molar-refractivity contribution is 9.10. The number of rotatable bonds is 4. The van der Waals surface area contributed by atoms with E-state index >= 15 is 0 Å². The molecule has 3 aromatic rings. The first-order chi connectivity index (χ1) is 10.6. The van der Waals surface area contributed by atoms with Gasteiger partial charge in [0.1, 0.15) is 5.01 Å². The van der Waals surface area contributed by atoms with Crippen LogP contribution in [0.1, 0.15) is 33.7 Å². The summed E-state index contributed by atoms with van der Waals surface area (Å²) in [6.07, 6.45) is 0.886. The summed E-state index contributed by atoms with van der Waals surface area (Å²) in [4.78, 5) is 17.6. The maximum atomic E-state index is 12.2. The van der Waals surface area contributed by atoms with Gasteiger partial charge in [-0.05, 0) is 31.5 Å². The summed E-state index contributed by atoms with van der Waals surface area (Å²) in [5.41, 5.74) is 2.45. The third kappa shape index (κ3) is 2.91. The number of fused-ring (bicyclic) bond motifs is 1. The van der Waals surface area contributed by atoms with Crippen LogP contribution in [0.3, 0.4) is 0 Å². The molecular formula is C15H15BrN4OS. The van der Waals surface area contributed by atoms with E-state index in [0.717, 1.165) is 32.2 Å². The quantitative estimate of drug-likeness (QED) is 0.756. The molecule has 1 N–H and O–H groups in total. The van der Waals surface area contributed by atoms with Crippen LogP contribution >= 0.6 is 27.3 Å². The van der Waals surface area contributed by atoms with E-state index in [1.807, 2.05) is 23.6 Å². The zero-order valence-corrected chi connectivity index (χ0v) is 14.7. The molecule has 0 radical (unpaired) electrons. The van der Waals surface area contributed by atoms with Crippen molar-refractivity contribution in [3.63, 3.8) is 0 Å². The summed E-state index contributed by atoms with van der Waals surface area (Å²) in [5.74, 6) is -0.110. The summed E-state index contributed by atoms with van der Waals surface area (Å²) in [7, 11) is 0. The standard InChI is InChI=1S/C15H15BrN4OS/c1-3-13-19-20-12(9(2)18-15(20)22-13)8-17-14(21)10-5-4-6-11(16)7-10/h4-7H,3,8H2,1-2H3,(H,17,21). The highest BCUT2D eigenvalue weighted by Crippen LogP contribution is 2.19. The van der Waals surface area contributed by atoms with Gasteiger partial charge >= 0.3 is 0 Å². The van der Waals surface area contributed by atoms with Gasteiger partial charge in [0, 0.05) is 10.0 Å². The van der Waals surface area contributed by atoms with E-state index in [1.54, 1.807) is 23.5 Å². The van der Waals surface area contributed by atoms with Crippen molar-refractivity contribution in [2.24, 2.45) is 0 Å². The zero-order valence-electron chi connectivity index (χ0n) is 12.3. The summed E-state index contributed by atoms with van der Waals surface area (Å²) in [6.45, 7) is 4.42. The first kappa shape index (κ1) is 15.2.